The van der Waals surface area contributed by atoms with Crippen molar-refractivity contribution < 1.29 is 14.6 Å². The van der Waals surface area contributed by atoms with Gasteiger partial charge in [-0.3, -0.25) is 4.79 Å². The molecular formula is C12H23NO3. The molecule has 0 heterocycles. The minimum atomic E-state index is -0.969. The molecular weight excluding hydrogens is 206 g/mol. The van der Waals surface area contributed by atoms with E-state index in [0.29, 0.717) is 0 Å². The number of likely N-dealkylation sites (N-methyl/N-ethyl adjacent to an activating group) is 1. The molecule has 1 atom stereocenters. The van der Waals surface area contributed by atoms with E-state index < -0.39 is 11.5 Å². The number of aliphatic carboxylic acids is 1. The lowest BCUT2D eigenvalue weighted by Crippen LogP contribution is -2.52. The second-order valence-corrected chi connectivity index (χ2v) is 5.08. The van der Waals surface area contributed by atoms with E-state index in [1.807, 2.05) is 0 Å². The summed E-state index contributed by atoms with van der Waals surface area (Å²) < 4.78 is 5.71. The van der Waals surface area contributed by atoms with Crippen LogP contribution in [-0.2, 0) is 9.53 Å². The number of rotatable bonds is 5. The SMILES string of the molecule is CNC(C)(COC1CCC(C)CC1)C(=O)O. The molecule has 0 aliphatic heterocycles. The molecule has 1 saturated carbocycles. The summed E-state index contributed by atoms with van der Waals surface area (Å²) in [6.45, 7) is 4.14. The van der Waals surface area contributed by atoms with Crippen molar-refractivity contribution in [3.63, 3.8) is 0 Å². The van der Waals surface area contributed by atoms with Crippen molar-refractivity contribution in [1.29, 1.82) is 0 Å². The molecule has 1 aliphatic rings. The van der Waals surface area contributed by atoms with Crippen LogP contribution in [0, 0.1) is 5.92 Å². The Hall–Kier alpha value is -0.610. The fraction of sp³-hybridized carbons (Fsp3) is 0.917. The summed E-state index contributed by atoms with van der Waals surface area (Å²) in [7, 11) is 1.65. The molecule has 0 radical (unpaired) electrons. The van der Waals surface area contributed by atoms with Gasteiger partial charge in [-0.2, -0.15) is 0 Å². The molecule has 0 saturated heterocycles. The first-order chi connectivity index (χ1) is 7.48. The lowest BCUT2D eigenvalue weighted by atomic mass is 9.89. The molecule has 0 spiro atoms. The summed E-state index contributed by atoms with van der Waals surface area (Å²) >= 11 is 0. The summed E-state index contributed by atoms with van der Waals surface area (Å²) in [6, 6.07) is 0. The van der Waals surface area contributed by atoms with Gasteiger partial charge in [-0.1, -0.05) is 6.92 Å². The second kappa shape index (κ2) is 5.64. The zero-order valence-corrected chi connectivity index (χ0v) is 10.5. The molecule has 0 aromatic heterocycles. The predicted molar refractivity (Wildman–Crippen MR) is 62.5 cm³/mol. The van der Waals surface area contributed by atoms with E-state index in [-0.39, 0.29) is 12.7 Å². The maximum Gasteiger partial charge on any atom is 0.326 e. The molecule has 0 aromatic rings. The maximum atomic E-state index is 11.0. The molecule has 0 bridgehead atoms. The van der Waals surface area contributed by atoms with Gasteiger partial charge in [0.2, 0.25) is 0 Å². The first kappa shape index (κ1) is 13.5. The largest absolute Gasteiger partial charge is 0.480 e. The van der Waals surface area contributed by atoms with Gasteiger partial charge in [-0.25, -0.2) is 0 Å². The van der Waals surface area contributed by atoms with Gasteiger partial charge in [0.15, 0.2) is 0 Å². The second-order valence-electron chi connectivity index (χ2n) is 5.08. The van der Waals surface area contributed by atoms with Crippen LogP contribution in [0.15, 0.2) is 0 Å². The van der Waals surface area contributed by atoms with Crippen LogP contribution in [0.1, 0.15) is 39.5 Å². The quantitative estimate of drug-likeness (QED) is 0.752. The van der Waals surface area contributed by atoms with Crippen LogP contribution in [0.4, 0.5) is 0 Å². The number of carbonyl (C=O) groups is 1. The van der Waals surface area contributed by atoms with Crippen LogP contribution in [0.2, 0.25) is 0 Å². The monoisotopic (exact) mass is 229 g/mol. The molecule has 1 unspecified atom stereocenters. The third-order valence-corrected chi connectivity index (χ3v) is 3.59. The molecule has 4 heteroatoms. The fourth-order valence-corrected chi connectivity index (χ4v) is 1.92. The zero-order chi connectivity index (χ0) is 12.2. The summed E-state index contributed by atoms with van der Waals surface area (Å²) in [6.07, 6.45) is 4.73. The predicted octanol–water partition coefficient (Wildman–Crippen LogP) is 1.64. The maximum absolute atomic E-state index is 11.0. The number of carboxylic acids is 1. The van der Waals surface area contributed by atoms with Crippen molar-refractivity contribution in [3.8, 4) is 0 Å². The van der Waals surface area contributed by atoms with Crippen molar-refractivity contribution >= 4 is 5.97 Å². The Morgan fingerprint density at radius 1 is 1.44 bits per heavy atom. The van der Waals surface area contributed by atoms with Crippen molar-refractivity contribution in [2.45, 2.75) is 51.2 Å². The van der Waals surface area contributed by atoms with Gasteiger partial charge < -0.3 is 15.2 Å². The molecule has 2 N–H and O–H groups in total. The Balaban J connectivity index is 2.36. The highest BCUT2D eigenvalue weighted by Crippen LogP contribution is 2.26. The number of ether oxygens (including phenoxy) is 1. The molecule has 0 aromatic carbocycles. The number of carboxylic acid groups (broad SMARTS) is 1. The Kier molecular flexibility index (Phi) is 4.74. The molecule has 0 amide bonds. The molecule has 16 heavy (non-hydrogen) atoms. The number of hydrogen-bond acceptors (Lipinski definition) is 3. The number of nitrogens with one attached hydrogen (secondary N) is 1. The molecule has 1 rings (SSSR count). The lowest BCUT2D eigenvalue weighted by molar-refractivity contribution is -0.148. The van der Waals surface area contributed by atoms with Gasteiger partial charge in [0, 0.05) is 0 Å². The van der Waals surface area contributed by atoms with E-state index in [1.54, 1.807) is 14.0 Å². The van der Waals surface area contributed by atoms with Crippen molar-refractivity contribution in [3.05, 3.63) is 0 Å². The normalized spacial score (nSPS) is 29.7. The summed E-state index contributed by atoms with van der Waals surface area (Å²) in [5.74, 6) is -0.0748. The topological polar surface area (TPSA) is 58.6 Å². The molecule has 94 valence electrons. The van der Waals surface area contributed by atoms with Gasteiger partial charge in [0.1, 0.15) is 5.54 Å². The average Bonchev–Trinajstić information content (AvgIpc) is 2.27. The van der Waals surface area contributed by atoms with Gasteiger partial charge in [-0.05, 0) is 45.6 Å². The highest BCUT2D eigenvalue weighted by molar-refractivity contribution is 5.78. The van der Waals surface area contributed by atoms with Crippen LogP contribution in [0.3, 0.4) is 0 Å². The highest BCUT2D eigenvalue weighted by Gasteiger charge is 2.33. The molecule has 4 nitrogen and oxygen atoms in total. The summed E-state index contributed by atoms with van der Waals surface area (Å²) in [5, 5.41) is 11.9. The third-order valence-electron chi connectivity index (χ3n) is 3.59. The minimum absolute atomic E-state index is 0.234. The van der Waals surface area contributed by atoms with Crippen LogP contribution < -0.4 is 5.32 Å². The van der Waals surface area contributed by atoms with Gasteiger partial charge in [0.25, 0.3) is 0 Å². The van der Waals surface area contributed by atoms with E-state index in [1.165, 1.54) is 12.8 Å². The van der Waals surface area contributed by atoms with Crippen LogP contribution in [0.5, 0.6) is 0 Å². The average molecular weight is 229 g/mol. The number of hydrogen-bond donors (Lipinski definition) is 2. The van der Waals surface area contributed by atoms with E-state index in [4.69, 9.17) is 9.84 Å². The van der Waals surface area contributed by atoms with Crippen LogP contribution in [-0.4, -0.2) is 36.4 Å². The first-order valence-electron chi connectivity index (χ1n) is 6.02. The van der Waals surface area contributed by atoms with Gasteiger partial charge >= 0.3 is 5.97 Å². The van der Waals surface area contributed by atoms with Gasteiger partial charge in [0.05, 0.1) is 12.7 Å². The Bertz CT molecular complexity index is 236. The van der Waals surface area contributed by atoms with Crippen molar-refractivity contribution in [2.75, 3.05) is 13.7 Å². The van der Waals surface area contributed by atoms with E-state index in [0.717, 1.165) is 18.8 Å². The zero-order valence-electron chi connectivity index (χ0n) is 10.5. The third kappa shape index (κ3) is 3.46. The Morgan fingerprint density at radius 2 is 2.00 bits per heavy atom. The molecule has 1 fully saturated rings. The first-order valence-corrected chi connectivity index (χ1v) is 6.02. The van der Waals surface area contributed by atoms with Gasteiger partial charge in [-0.15, -0.1) is 0 Å². The fourth-order valence-electron chi connectivity index (χ4n) is 1.92. The molecule has 1 aliphatic carbocycles. The van der Waals surface area contributed by atoms with E-state index in [9.17, 15) is 4.79 Å². The van der Waals surface area contributed by atoms with Crippen molar-refractivity contribution in [1.82, 2.24) is 5.32 Å². The van der Waals surface area contributed by atoms with E-state index >= 15 is 0 Å². The van der Waals surface area contributed by atoms with E-state index in [2.05, 4.69) is 12.2 Å². The standard InChI is InChI=1S/C12H23NO3/c1-9-4-6-10(7-5-9)16-8-12(2,13-3)11(14)15/h9-10,13H,4-8H2,1-3H3,(H,14,15). The summed E-state index contributed by atoms with van der Waals surface area (Å²) in [5.41, 5.74) is -0.969. The highest BCUT2D eigenvalue weighted by atomic mass is 16.5. The Labute approximate surface area is 97.4 Å². The Morgan fingerprint density at radius 3 is 2.44 bits per heavy atom. The van der Waals surface area contributed by atoms with Crippen LogP contribution >= 0.6 is 0 Å². The van der Waals surface area contributed by atoms with Crippen molar-refractivity contribution in [2.24, 2.45) is 5.92 Å². The summed E-state index contributed by atoms with van der Waals surface area (Å²) in [4.78, 5) is 11.0. The lowest BCUT2D eigenvalue weighted by Gasteiger charge is -2.30. The minimum Gasteiger partial charge on any atom is -0.480 e. The van der Waals surface area contributed by atoms with Crippen LogP contribution in [0.25, 0.3) is 0 Å². The smallest absolute Gasteiger partial charge is 0.326 e.